The molecule has 3 N–H and O–H groups in total. The highest BCUT2D eigenvalue weighted by atomic mass is 16.5. The molecule has 0 aliphatic rings. The van der Waals surface area contributed by atoms with Gasteiger partial charge in [0, 0.05) is 21.9 Å². The van der Waals surface area contributed by atoms with Crippen molar-refractivity contribution in [2.45, 2.75) is 0 Å². The largest absolute Gasteiger partial charge is 0.495 e. The number of aromatic amines is 1. The van der Waals surface area contributed by atoms with E-state index < -0.39 is 5.91 Å². The highest BCUT2D eigenvalue weighted by Gasteiger charge is 2.15. The van der Waals surface area contributed by atoms with E-state index in [-0.39, 0.29) is 0 Å². The molecule has 0 saturated carbocycles. The average molecular weight is 240 g/mol. The molecule has 2 aromatic carbocycles. The molecule has 4 heteroatoms. The number of carbonyl (C=O) groups is 1. The predicted molar refractivity (Wildman–Crippen MR) is 70.9 cm³/mol. The van der Waals surface area contributed by atoms with Gasteiger partial charge in [-0.05, 0) is 18.2 Å². The van der Waals surface area contributed by atoms with Crippen LogP contribution in [0.1, 0.15) is 10.4 Å². The molecule has 90 valence electrons. The maximum atomic E-state index is 11.5. The molecule has 3 rings (SSSR count). The van der Waals surface area contributed by atoms with E-state index in [1.807, 2.05) is 24.3 Å². The molecule has 0 fully saturated rings. The monoisotopic (exact) mass is 240 g/mol. The van der Waals surface area contributed by atoms with Crippen molar-refractivity contribution in [1.82, 2.24) is 4.98 Å². The van der Waals surface area contributed by atoms with Crippen molar-refractivity contribution >= 4 is 27.7 Å². The number of H-pyrrole nitrogens is 1. The van der Waals surface area contributed by atoms with Crippen molar-refractivity contribution in [3.63, 3.8) is 0 Å². The summed E-state index contributed by atoms with van der Waals surface area (Å²) in [6.45, 7) is 0. The van der Waals surface area contributed by atoms with Crippen LogP contribution in [-0.2, 0) is 0 Å². The van der Waals surface area contributed by atoms with E-state index in [1.165, 1.54) is 0 Å². The minimum absolute atomic E-state index is 0.438. The number of amides is 1. The van der Waals surface area contributed by atoms with Crippen LogP contribution in [0.25, 0.3) is 21.8 Å². The van der Waals surface area contributed by atoms with E-state index in [0.717, 1.165) is 21.8 Å². The second kappa shape index (κ2) is 3.77. The Morgan fingerprint density at radius 2 is 2.00 bits per heavy atom. The van der Waals surface area contributed by atoms with Crippen LogP contribution < -0.4 is 10.5 Å². The molecule has 0 atom stereocenters. The van der Waals surface area contributed by atoms with E-state index in [1.54, 1.807) is 19.2 Å². The van der Waals surface area contributed by atoms with Crippen molar-refractivity contribution < 1.29 is 9.53 Å². The maximum Gasteiger partial charge on any atom is 0.249 e. The topological polar surface area (TPSA) is 68.1 Å². The van der Waals surface area contributed by atoms with E-state index in [9.17, 15) is 4.79 Å². The molecular weight excluding hydrogens is 228 g/mol. The lowest BCUT2D eigenvalue weighted by Gasteiger charge is -2.04. The summed E-state index contributed by atoms with van der Waals surface area (Å²) < 4.78 is 5.31. The molecular formula is C14H12N2O2. The number of primary amides is 1. The van der Waals surface area contributed by atoms with Gasteiger partial charge in [0.2, 0.25) is 5.91 Å². The summed E-state index contributed by atoms with van der Waals surface area (Å²) in [5.41, 5.74) is 7.69. The number of aromatic nitrogens is 1. The second-order valence-corrected chi connectivity index (χ2v) is 4.10. The minimum atomic E-state index is -0.438. The normalized spacial score (nSPS) is 10.9. The summed E-state index contributed by atoms with van der Waals surface area (Å²) in [5, 5.41) is 1.79. The molecule has 1 aromatic heterocycles. The number of para-hydroxylation sites is 1. The smallest absolute Gasteiger partial charge is 0.249 e. The average Bonchev–Trinajstić information content (AvgIpc) is 2.76. The Bertz CT molecular complexity index is 759. The summed E-state index contributed by atoms with van der Waals surface area (Å²) >= 11 is 0. The third kappa shape index (κ3) is 1.35. The Balaban J connectivity index is 2.56. The van der Waals surface area contributed by atoms with Crippen LogP contribution in [0.3, 0.4) is 0 Å². The molecule has 0 bridgehead atoms. The molecule has 0 radical (unpaired) electrons. The SMILES string of the molecule is COc1ccc(C(N)=O)c2c1[nH]c1ccccc12. The fourth-order valence-corrected chi connectivity index (χ4v) is 2.31. The van der Waals surface area contributed by atoms with Crippen LogP contribution >= 0.6 is 0 Å². The van der Waals surface area contributed by atoms with Crippen LogP contribution in [0.15, 0.2) is 36.4 Å². The number of benzene rings is 2. The van der Waals surface area contributed by atoms with Gasteiger partial charge in [-0.1, -0.05) is 18.2 Å². The first-order valence-electron chi connectivity index (χ1n) is 5.59. The quantitative estimate of drug-likeness (QED) is 0.722. The van der Waals surface area contributed by atoms with Gasteiger partial charge in [0.15, 0.2) is 0 Å². The second-order valence-electron chi connectivity index (χ2n) is 4.10. The molecule has 18 heavy (non-hydrogen) atoms. The van der Waals surface area contributed by atoms with Gasteiger partial charge < -0.3 is 15.5 Å². The first-order chi connectivity index (χ1) is 8.72. The van der Waals surface area contributed by atoms with Gasteiger partial charge >= 0.3 is 0 Å². The molecule has 0 aliphatic heterocycles. The molecule has 1 heterocycles. The lowest BCUT2D eigenvalue weighted by atomic mass is 10.1. The van der Waals surface area contributed by atoms with Gasteiger partial charge in [0.25, 0.3) is 0 Å². The van der Waals surface area contributed by atoms with Gasteiger partial charge in [0.1, 0.15) is 5.75 Å². The van der Waals surface area contributed by atoms with E-state index in [0.29, 0.717) is 11.3 Å². The van der Waals surface area contributed by atoms with Crippen molar-refractivity contribution in [3.05, 3.63) is 42.0 Å². The molecule has 1 amide bonds. The lowest BCUT2D eigenvalue weighted by molar-refractivity contribution is 0.100. The molecule has 3 aromatic rings. The summed E-state index contributed by atoms with van der Waals surface area (Å²) in [6, 6.07) is 11.2. The summed E-state index contributed by atoms with van der Waals surface area (Å²) in [6.07, 6.45) is 0. The zero-order chi connectivity index (χ0) is 12.7. The zero-order valence-electron chi connectivity index (χ0n) is 9.86. The molecule has 0 saturated heterocycles. The Morgan fingerprint density at radius 3 is 2.72 bits per heavy atom. The van der Waals surface area contributed by atoms with E-state index in [4.69, 9.17) is 10.5 Å². The maximum absolute atomic E-state index is 11.5. The van der Waals surface area contributed by atoms with Crippen molar-refractivity contribution in [3.8, 4) is 5.75 Å². The van der Waals surface area contributed by atoms with Gasteiger partial charge in [-0.25, -0.2) is 0 Å². The lowest BCUT2D eigenvalue weighted by Crippen LogP contribution is -2.11. The predicted octanol–water partition coefficient (Wildman–Crippen LogP) is 2.43. The summed E-state index contributed by atoms with van der Waals surface area (Å²) in [7, 11) is 1.60. The fraction of sp³-hybridized carbons (Fsp3) is 0.0714. The number of hydrogen-bond acceptors (Lipinski definition) is 2. The Kier molecular flexibility index (Phi) is 2.23. The van der Waals surface area contributed by atoms with Crippen LogP contribution in [0, 0.1) is 0 Å². The molecule has 0 spiro atoms. The number of carbonyl (C=O) groups excluding carboxylic acids is 1. The van der Waals surface area contributed by atoms with Crippen LogP contribution in [0.2, 0.25) is 0 Å². The summed E-state index contributed by atoms with van der Waals surface area (Å²) in [4.78, 5) is 14.8. The first-order valence-corrected chi connectivity index (χ1v) is 5.59. The highest BCUT2D eigenvalue weighted by Crippen LogP contribution is 2.33. The van der Waals surface area contributed by atoms with Crippen molar-refractivity contribution in [2.75, 3.05) is 7.11 Å². The van der Waals surface area contributed by atoms with Crippen LogP contribution in [-0.4, -0.2) is 18.0 Å². The van der Waals surface area contributed by atoms with E-state index >= 15 is 0 Å². The Morgan fingerprint density at radius 1 is 1.22 bits per heavy atom. The molecule has 4 nitrogen and oxygen atoms in total. The number of nitrogens with one attached hydrogen (secondary N) is 1. The Hall–Kier alpha value is -2.49. The summed E-state index contributed by atoms with van der Waals surface area (Å²) in [5.74, 6) is 0.263. The fourth-order valence-electron chi connectivity index (χ4n) is 2.31. The zero-order valence-corrected chi connectivity index (χ0v) is 9.86. The molecule has 0 unspecified atom stereocenters. The van der Waals surface area contributed by atoms with Crippen molar-refractivity contribution in [1.29, 1.82) is 0 Å². The number of hydrogen-bond donors (Lipinski definition) is 2. The number of nitrogens with two attached hydrogens (primary N) is 1. The van der Waals surface area contributed by atoms with E-state index in [2.05, 4.69) is 4.98 Å². The van der Waals surface area contributed by atoms with Gasteiger partial charge in [-0.15, -0.1) is 0 Å². The van der Waals surface area contributed by atoms with Gasteiger partial charge in [-0.2, -0.15) is 0 Å². The minimum Gasteiger partial charge on any atom is -0.495 e. The first kappa shape index (κ1) is 10.7. The number of ether oxygens (including phenoxy) is 1. The number of methoxy groups -OCH3 is 1. The standard InChI is InChI=1S/C14H12N2O2/c1-18-11-7-6-9(14(15)17)12-8-4-2-3-5-10(8)16-13(11)12/h2-7,16H,1H3,(H2,15,17). The van der Waals surface area contributed by atoms with Crippen LogP contribution in [0.5, 0.6) is 5.75 Å². The molecule has 0 aliphatic carbocycles. The number of fused-ring (bicyclic) bond motifs is 3. The van der Waals surface area contributed by atoms with Gasteiger partial charge in [-0.3, -0.25) is 4.79 Å². The Labute approximate surface area is 103 Å². The van der Waals surface area contributed by atoms with Crippen molar-refractivity contribution in [2.24, 2.45) is 5.73 Å². The third-order valence-electron chi connectivity index (χ3n) is 3.11. The third-order valence-corrected chi connectivity index (χ3v) is 3.11. The number of rotatable bonds is 2. The van der Waals surface area contributed by atoms with Gasteiger partial charge in [0.05, 0.1) is 12.6 Å². The van der Waals surface area contributed by atoms with Crippen LogP contribution in [0.4, 0.5) is 0 Å². The highest BCUT2D eigenvalue weighted by molar-refractivity contribution is 6.18.